The molecule has 2 aliphatic heterocycles. The average molecular weight is 761 g/mol. The van der Waals surface area contributed by atoms with Gasteiger partial charge < -0.3 is 24.7 Å². The molecule has 12 nitrogen and oxygen atoms in total. The summed E-state index contributed by atoms with van der Waals surface area (Å²) in [5.41, 5.74) is 2.43. The summed E-state index contributed by atoms with van der Waals surface area (Å²) in [5.74, 6) is -3.45. The molecule has 2 fully saturated rings. The van der Waals surface area contributed by atoms with Crippen LogP contribution in [-0.2, 0) is 37.6 Å². The molecule has 55 heavy (non-hydrogen) atoms. The highest BCUT2D eigenvalue weighted by Gasteiger charge is 2.63. The predicted octanol–water partition coefficient (Wildman–Crippen LogP) is 5.60. The Balaban J connectivity index is 1.47. The summed E-state index contributed by atoms with van der Waals surface area (Å²) in [6, 6.07) is 21.8. The lowest BCUT2D eigenvalue weighted by Gasteiger charge is -2.54. The number of β-lactam (4-membered cyclic amide) rings is 1. The van der Waals surface area contributed by atoms with E-state index in [1.165, 1.54) is 26.0 Å². The zero-order chi connectivity index (χ0) is 39.6. The first-order chi connectivity index (χ1) is 26.3. The van der Waals surface area contributed by atoms with Gasteiger partial charge in [0.25, 0.3) is 5.91 Å². The van der Waals surface area contributed by atoms with E-state index in [0.29, 0.717) is 29.5 Å². The van der Waals surface area contributed by atoms with Crippen molar-refractivity contribution in [2.24, 2.45) is 5.92 Å². The largest absolute Gasteiger partial charge is 0.478 e. The van der Waals surface area contributed by atoms with Gasteiger partial charge in [-0.25, -0.2) is 9.78 Å². The maximum atomic E-state index is 14.9. The predicted molar refractivity (Wildman–Crippen MR) is 205 cm³/mol. The Morgan fingerprint density at radius 2 is 1.67 bits per heavy atom. The number of hydrogen-bond donors (Lipinski definition) is 1. The molecule has 13 heteroatoms. The van der Waals surface area contributed by atoms with Crippen molar-refractivity contribution in [1.29, 1.82) is 5.26 Å². The van der Waals surface area contributed by atoms with Gasteiger partial charge in [0.05, 0.1) is 22.7 Å². The summed E-state index contributed by atoms with van der Waals surface area (Å²) in [6.07, 6.45) is -0.247. The van der Waals surface area contributed by atoms with Crippen molar-refractivity contribution >= 4 is 41.4 Å². The van der Waals surface area contributed by atoms with Gasteiger partial charge in [0, 0.05) is 35.7 Å². The number of likely N-dealkylation sites (tertiary alicyclic amines) is 1. The average Bonchev–Trinajstić information content (AvgIpc) is 3.80. The summed E-state index contributed by atoms with van der Waals surface area (Å²) in [7, 11) is 0. The maximum absolute atomic E-state index is 14.9. The Morgan fingerprint density at radius 3 is 2.25 bits per heavy atom. The Bertz CT molecular complexity index is 2090. The fraction of sp³-hybridized carbons (Fsp3) is 0.357. The number of carboxylic acid groups (broad SMARTS) is 1. The van der Waals surface area contributed by atoms with Gasteiger partial charge in [0.15, 0.2) is 0 Å². The van der Waals surface area contributed by atoms with Crippen LogP contribution in [0.2, 0.25) is 0 Å². The second-order valence-corrected chi connectivity index (χ2v) is 16.2. The molecule has 5 unspecified atom stereocenters. The van der Waals surface area contributed by atoms with Gasteiger partial charge in [0.1, 0.15) is 18.2 Å². The van der Waals surface area contributed by atoms with Gasteiger partial charge in [-0.05, 0) is 47.1 Å². The van der Waals surface area contributed by atoms with Crippen LogP contribution in [0.15, 0.2) is 90.4 Å². The van der Waals surface area contributed by atoms with E-state index in [4.69, 9.17) is 0 Å². The monoisotopic (exact) mass is 760 g/mol. The van der Waals surface area contributed by atoms with Crippen molar-refractivity contribution in [2.45, 2.75) is 89.9 Å². The number of carboxylic acids is 1. The van der Waals surface area contributed by atoms with Crippen LogP contribution in [0.4, 0.5) is 0 Å². The van der Waals surface area contributed by atoms with E-state index in [9.17, 15) is 34.3 Å². The van der Waals surface area contributed by atoms with Crippen LogP contribution < -0.4 is 0 Å². The van der Waals surface area contributed by atoms with Crippen LogP contribution in [0, 0.1) is 17.2 Å². The minimum Gasteiger partial charge on any atom is -0.478 e. The van der Waals surface area contributed by atoms with Crippen molar-refractivity contribution in [1.82, 2.24) is 24.6 Å². The van der Waals surface area contributed by atoms with E-state index >= 15 is 0 Å². The van der Waals surface area contributed by atoms with Crippen molar-refractivity contribution in [2.75, 3.05) is 0 Å². The number of carbonyl (C=O) groups excluding carboxylic acids is 4. The van der Waals surface area contributed by atoms with Crippen LogP contribution >= 0.6 is 11.3 Å². The number of aryl methyl sites for hydroxylation is 1. The minimum absolute atomic E-state index is 0.0819. The molecule has 4 amide bonds. The van der Waals surface area contributed by atoms with Gasteiger partial charge in [-0.1, -0.05) is 95.3 Å². The SMILES string of the molecule is CC(C)C1C(=O)N(C2C(=O)N(C(C(=O)O)N(C=O)Cc3ccccc3)C2CCc2nccs2)C(c2ccccc2C#N)N1C(=O)c1ccc(C(C)(C)C)cc1. The van der Waals surface area contributed by atoms with E-state index in [0.717, 1.165) is 15.5 Å². The third-order valence-corrected chi connectivity index (χ3v) is 11.2. The first kappa shape index (κ1) is 38.8. The Labute approximate surface area is 324 Å². The molecule has 2 saturated heterocycles. The smallest absolute Gasteiger partial charge is 0.347 e. The van der Waals surface area contributed by atoms with Gasteiger partial charge in [-0.2, -0.15) is 5.26 Å². The van der Waals surface area contributed by atoms with Crippen molar-refractivity contribution in [3.63, 3.8) is 0 Å². The second kappa shape index (κ2) is 15.8. The highest BCUT2D eigenvalue weighted by Crippen LogP contribution is 2.45. The standard InChI is InChI=1S/C42H44N6O6S/c1-26(2)34-39(51)48(36(31-14-10-9-13-29(31)23-43)47(34)38(50)28-15-17-30(18-16-28)42(3,4)5)35-32(19-20-33-44-21-22-55-33)46(40(35)52)37(41(53)54)45(25-49)24-27-11-7-6-8-12-27/h6-18,21-22,25-26,32,34-37H,19-20,24H2,1-5H3,(H,53,54). The number of amides is 4. The molecule has 6 rings (SSSR count). The molecule has 0 radical (unpaired) electrons. The fourth-order valence-electron chi connectivity index (χ4n) is 7.69. The second-order valence-electron chi connectivity index (χ2n) is 15.2. The Morgan fingerprint density at radius 1 is 1.00 bits per heavy atom. The molecule has 284 valence electrons. The zero-order valence-electron chi connectivity index (χ0n) is 31.4. The number of carbonyl (C=O) groups is 5. The molecular formula is C42H44N6O6S. The van der Waals surface area contributed by atoms with Crippen molar-refractivity contribution in [3.05, 3.63) is 123 Å². The van der Waals surface area contributed by atoms with Crippen molar-refractivity contribution in [3.8, 4) is 6.07 Å². The Hall–Kier alpha value is -5.87. The lowest BCUT2D eigenvalue weighted by atomic mass is 9.86. The van der Waals surface area contributed by atoms with Crippen LogP contribution in [0.1, 0.15) is 84.8 Å². The highest BCUT2D eigenvalue weighted by molar-refractivity contribution is 7.09. The van der Waals surface area contributed by atoms with Gasteiger partial charge >= 0.3 is 5.97 Å². The molecule has 1 N–H and O–H groups in total. The number of nitrogens with zero attached hydrogens (tertiary/aromatic N) is 6. The number of aromatic nitrogens is 1. The Kier molecular flexibility index (Phi) is 11.2. The van der Waals surface area contributed by atoms with Gasteiger partial charge in [-0.3, -0.25) is 19.2 Å². The van der Waals surface area contributed by atoms with Crippen LogP contribution in [0.3, 0.4) is 0 Å². The molecule has 2 aliphatic rings. The number of thiazole rings is 1. The first-order valence-corrected chi connectivity index (χ1v) is 19.1. The molecule has 0 bridgehead atoms. The van der Waals surface area contributed by atoms with Crippen LogP contribution in [0.25, 0.3) is 0 Å². The van der Waals surface area contributed by atoms with E-state index in [2.05, 4.69) is 31.8 Å². The van der Waals surface area contributed by atoms with E-state index < -0.39 is 60.1 Å². The van der Waals surface area contributed by atoms with E-state index in [1.807, 2.05) is 31.4 Å². The van der Waals surface area contributed by atoms with Gasteiger partial charge in [-0.15, -0.1) is 11.3 Å². The van der Waals surface area contributed by atoms with Gasteiger partial charge in [0.2, 0.25) is 24.4 Å². The summed E-state index contributed by atoms with van der Waals surface area (Å²) in [4.78, 5) is 79.5. The number of rotatable bonds is 13. The first-order valence-electron chi connectivity index (χ1n) is 18.2. The molecule has 0 spiro atoms. The quantitative estimate of drug-likeness (QED) is 0.136. The maximum Gasteiger partial charge on any atom is 0.347 e. The summed E-state index contributed by atoms with van der Waals surface area (Å²) in [6.45, 7) is 9.77. The molecule has 5 atom stereocenters. The molecule has 3 heterocycles. The summed E-state index contributed by atoms with van der Waals surface area (Å²) < 4.78 is 0. The van der Waals surface area contributed by atoms with Crippen molar-refractivity contribution < 1.29 is 29.1 Å². The lowest BCUT2D eigenvalue weighted by Crippen LogP contribution is -2.76. The number of hydrogen-bond acceptors (Lipinski definition) is 8. The third kappa shape index (κ3) is 7.47. The minimum atomic E-state index is -1.69. The van der Waals surface area contributed by atoms with E-state index in [-0.39, 0.29) is 23.9 Å². The molecule has 0 aliphatic carbocycles. The zero-order valence-corrected chi connectivity index (χ0v) is 32.2. The molecule has 0 saturated carbocycles. The molecule has 3 aromatic carbocycles. The van der Waals surface area contributed by atoms with Crippen LogP contribution in [0.5, 0.6) is 0 Å². The topological polar surface area (TPSA) is 155 Å². The molecular weight excluding hydrogens is 717 g/mol. The fourth-order valence-corrected chi connectivity index (χ4v) is 8.33. The number of benzene rings is 3. The highest BCUT2D eigenvalue weighted by atomic mass is 32.1. The summed E-state index contributed by atoms with van der Waals surface area (Å²) in [5, 5.41) is 23.5. The summed E-state index contributed by atoms with van der Waals surface area (Å²) >= 11 is 1.41. The number of nitriles is 1. The lowest BCUT2D eigenvalue weighted by molar-refractivity contribution is -0.187. The normalized spacial score (nSPS) is 20.3. The third-order valence-electron chi connectivity index (χ3n) is 10.4. The van der Waals surface area contributed by atoms with Crippen LogP contribution in [-0.4, -0.2) is 84.1 Å². The molecule has 4 aromatic rings. The number of aliphatic carboxylic acids is 1. The van der Waals surface area contributed by atoms with E-state index in [1.54, 1.807) is 72.9 Å². The molecule has 1 aromatic heterocycles.